The molecule has 0 bridgehead atoms. The number of halogens is 2. The van der Waals surface area contributed by atoms with E-state index >= 15 is 0 Å². The highest BCUT2D eigenvalue weighted by Crippen LogP contribution is 2.30. The number of rotatable bonds is 8. The van der Waals surface area contributed by atoms with Gasteiger partial charge < -0.3 is 19.5 Å². The van der Waals surface area contributed by atoms with E-state index in [1.807, 2.05) is 30.3 Å². The number of hydrogen-bond donors (Lipinski definition) is 1. The Bertz CT molecular complexity index is 916. The minimum absolute atomic E-state index is 0.0617. The monoisotopic (exact) mass is 402 g/mol. The molecule has 6 nitrogen and oxygen atoms in total. The van der Waals surface area contributed by atoms with E-state index in [-0.39, 0.29) is 25.6 Å². The van der Waals surface area contributed by atoms with Crippen LogP contribution >= 0.6 is 0 Å². The molecule has 1 heterocycles. The van der Waals surface area contributed by atoms with Crippen LogP contribution in [-0.4, -0.2) is 32.3 Å². The Hall–Kier alpha value is -3.10. The molecule has 0 aromatic heterocycles. The summed E-state index contributed by atoms with van der Waals surface area (Å²) in [5.74, 6) is -2.20. The van der Waals surface area contributed by atoms with Gasteiger partial charge in [-0.15, -0.1) is 0 Å². The van der Waals surface area contributed by atoms with Crippen LogP contribution in [-0.2, 0) is 25.6 Å². The molecule has 0 saturated carbocycles. The first-order valence-electron chi connectivity index (χ1n) is 8.84. The number of ether oxygens (including phenoxy) is 3. The fourth-order valence-corrected chi connectivity index (χ4v) is 2.72. The van der Waals surface area contributed by atoms with E-state index in [4.69, 9.17) is 14.2 Å². The highest BCUT2D eigenvalue weighted by Gasteiger charge is 2.28. The van der Waals surface area contributed by atoms with Crippen molar-refractivity contribution in [2.45, 2.75) is 12.6 Å². The summed E-state index contributed by atoms with van der Waals surface area (Å²) in [5, 5.41) is 2.87. The van der Waals surface area contributed by atoms with Crippen LogP contribution in [0.3, 0.4) is 0 Å². The zero-order valence-electron chi connectivity index (χ0n) is 15.7. The molecule has 8 heteroatoms. The van der Waals surface area contributed by atoms with E-state index in [1.54, 1.807) is 0 Å². The van der Waals surface area contributed by atoms with E-state index in [0.717, 1.165) is 17.7 Å². The van der Waals surface area contributed by atoms with Gasteiger partial charge in [0.2, 0.25) is 0 Å². The maximum absolute atomic E-state index is 13.8. The lowest BCUT2D eigenvalue weighted by Crippen LogP contribution is -2.31. The molecule has 1 atom stereocenters. The number of carbonyl (C=O) groups excluding carboxylic acids is 1. The molecular formula is C21H20F2N2O4. The van der Waals surface area contributed by atoms with Gasteiger partial charge in [-0.25, -0.2) is 13.6 Å². The van der Waals surface area contributed by atoms with Crippen molar-refractivity contribution in [1.29, 1.82) is 0 Å². The Morgan fingerprint density at radius 3 is 2.62 bits per heavy atom. The molecule has 0 amide bonds. The van der Waals surface area contributed by atoms with Crippen LogP contribution < -0.4 is 5.32 Å². The van der Waals surface area contributed by atoms with Gasteiger partial charge >= 0.3 is 5.97 Å². The second-order valence-electron chi connectivity index (χ2n) is 6.21. The number of carbonyl (C=O) groups is 1. The topological polar surface area (TPSA) is 69.2 Å². The zero-order chi connectivity index (χ0) is 20.6. The van der Waals surface area contributed by atoms with Gasteiger partial charge in [0.15, 0.2) is 11.6 Å². The number of methoxy groups -OCH3 is 1. The van der Waals surface area contributed by atoms with Gasteiger partial charge in [-0.3, -0.25) is 4.99 Å². The molecule has 2 aromatic rings. The standard InChI is InChI=1S/C21H20F2N2O4/c1-27-13-28-12-19-24-10-16(21(26)29-11-14-5-3-2-4-6-14)20(25-19)15-7-8-17(22)18(23)9-15/h2-10,20H,11-13H2,1H3,(H,24,25). The van der Waals surface area contributed by atoms with Gasteiger partial charge in [-0.2, -0.15) is 0 Å². The Morgan fingerprint density at radius 2 is 1.90 bits per heavy atom. The van der Waals surface area contributed by atoms with E-state index in [0.29, 0.717) is 11.4 Å². The number of nitrogens with zero attached hydrogens (tertiary/aromatic N) is 1. The van der Waals surface area contributed by atoms with E-state index in [1.165, 1.54) is 19.4 Å². The Morgan fingerprint density at radius 1 is 1.10 bits per heavy atom. The number of amidine groups is 1. The molecule has 0 spiro atoms. The number of hydrogen-bond acceptors (Lipinski definition) is 6. The smallest absolute Gasteiger partial charge is 0.338 e. The van der Waals surface area contributed by atoms with E-state index < -0.39 is 23.6 Å². The van der Waals surface area contributed by atoms with Crippen molar-refractivity contribution in [2.24, 2.45) is 4.99 Å². The molecule has 152 valence electrons. The summed E-state index contributed by atoms with van der Waals surface area (Å²) in [6.07, 6.45) is 1.44. The third-order valence-corrected chi connectivity index (χ3v) is 4.12. The minimum atomic E-state index is -1.02. The van der Waals surface area contributed by atoms with Gasteiger partial charge in [-0.05, 0) is 23.3 Å². The number of esters is 1. The van der Waals surface area contributed by atoms with E-state index in [2.05, 4.69) is 10.3 Å². The predicted molar refractivity (Wildman–Crippen MR) is 102 cm³/mol. The lowest BCUT2D eigenvalue weighted by Gasteiger charge is -2.23. The summed E-state index contributed by atoms with van der Waals surface area (Å²) in [6, 6.07) is 11.7. The third-order valence-electron chi connectivity index (χ3n) is 4.12. The van der Waals surface area contributed by atoms with Crippen molar-refractivity contribution >= 4 is 11.8 Å². The Labute approximate surface area is 166 Å². The zero-order valence-corrected chi connectivity index (χ0v) is 15.7. The molecule has 0 fully saturated rings. The summed E-state index contributed by atoms with van der Waals surface area (Å²) < 4.78 is 42.6. The number of aliphatic imine (C=N–C) groups is 1. The first-order valence-corrected chi connectivity index (χ1v) is 8.84. The molecule has 1 aliphatic heterocycles. The van der Waals surface area contributed by atoms with Crippen molar-refractivity contribution in [2.75, 3.05) is 20.5 Å². The molecule has 0 saturated heterocycles. The summed E-state index contributed by atoms with van der Waals surface area (Å²) in [7, 11) is 1.49. The molecular weight excluding hydrogens is 382 g/mol. The largest absolute Gasteiger partial charge is 0.457 e. The normalized spacial score (nSPS) is 15.9. The number of nitrogens with one attached hydrogen (secondary N) is 1. The average Bonchev–Trinajstić information content (AvgIpc) is 2.75. The van der Waals surface area contributed by atoms with Gasteiger partial charge in [-0.1, -0.05) is 36.4 Å². The summed E-state index contributed by atoms with van der Waals surface area (Å²) >= 11 is 0. The number of benzene rings is 2. The van der Waals surface area contributed by atoms with Gasteiger partial charge in [0.25, 0.3) is 0 Å². The molecule has 1 N–H and O–H groups in total. The van der Waals surface area contributed by atoms with Crippen molar-refractivity contribution in [3.05, 3.63) is 83.1 Å². The van der Waals surface area contributed by atoms with Crippen molar-refractivity contribution < 1.29 is 27.8 Å². The first kappa shape index (κ1) is 20.6. The maximum atomic E-state index is 13.8. The predicted octanol–water partition coefficient (Wildman–Crippen LogP) is 3.26. The highest BCUT2D eigenvalue weighted by molar-refractivity contribution is 5.95. The Kier molecular flexibility index (Phi) is 7.04. The molecule has 3 rings (SSSR count). The Balaban J connectivity index is 1.79. The molecule has 1 unspecified atom stereocenters. The van der Waals surface area contributed by atoms with Crippen LogP contribution in [0.5, 0.6) is 0 Å². The van der Waals surface area contributed by atoms with Crippen molar-refractivity contribution in [1.82, 2.24) is 5.32 Å². The summed E-state index contributed by atoms with van der Waals surface area (Å²) in [6.45, 7) is 0.234. The quantitative estimate of drug-likeness (QED) is 0.417. The van der Waals surface area contributed by atoms with Crippen LogP contribution in [0.25, 0.3) is 0 Å². The van der Waals surface area contributed by atoms with Gasteiger partial charge in [0.1, 0.15) is 31.9 Å². The van der Waals surface area contributed by atoms with Crippen molar-refractivity contribution in [3.8, 4) is 0 Å². The molecule has 0 aliphatic carbocycles. The fraction of sp³-hybridized carbons (Fsp3) is 0.238. The lowest BCUT2D eigenvalue weighted by molar-refractivity contribution is -0.140. The molecule has 1 aliphatic rings. The maximum Gasteiger partial charge on any atom is 0.338 e. The average molecular weight is 402 g/mol. The fourth-order valence-electron chi connectivity index (χ4n) is 2.72. The molecule has 2 aromatic carbocycles. The van der Waals surface area contributed by atoms with Crippen LogP contribution in [0.4, 0.5) is 8.78 Å². The van der Waals surface area contributed by atoms with Crippen LogP contribution in [0, 0.1) is 11.6 Å². The highest BCUT2D eigenvalue weighted by atomic mass is 19.2. The van der Waals surface area contributed by atoms with Crippen LogP contribution in [0.2, 0.25) is 0 Å². The van der Waals surface area contributed by atoms with Crippen molar-refractivity contribution in [3.63, 3.8) is 0 Å². The van der Waals surface area contributed by atoms with Gasteiger partial charge in [0, 0.05) is 13.3 Å². The third kappa shape index (κ3) is 5.46. The minimum Gasteiger partial charge on any atom is -0.457 e. The van der Waals surface area contributed by atoms with E-state index in [9.17, 15) is 13.6 Å². The van der Waals surface area contributed by atoms with Crippen LogP contribution in [0.15, 0.2) is 65.3 Å². The second-order valence-corrected chi connectivity index (χ2v) is 6.21. The second kappa shape index (κ2) is 9.90. The summed E-state index contributed by atoms with van der Waals surface area (Å²) in [4.78, 5) is 17.1. The SMILES string of the molecule is COCOCC1=NC(c2ccc(F)c(F)c2)C(C(=O)OCc2ccccc2)=CN1. The molecule has 29 heavy (non-hydrogen) atoms. The van der Waals surface area contributed by atoms with Crippen LogP contribution in [0.1, 0.15) is 17.2 Å². The summed E-state index contributed by atoms with van der Waals surface area (Å²) in [5.41, 5.74) is 1.31. The lowest BCUT2D eigenvalue weighted by atomic mass is 9.98. The van der Waals surface area contributed by atoms with Gasteiger partial charge in [0.05, 0.1) is 5.57 Å². The first-order chi connectivity index (χ1) is 14.1. The molecule has 0 radical (unpaired) electrons.